The molecule has 12 heavy (non-hydrogen) atoms. The van der Waals surface area contributed by atoms with Crippen LogP contribution in [0.1, 0.15) is 23.7 Å². The van der Waals surface area contributed by atoms with E-state index in [9.17, 15) is 9.18 Å². The summed E-state index contributed by atoms with van der Waals surface area (Å²) in [5, 5.41) is 8.96. The van der Waals surface area contributed by atoms with E-state index in [2.05, 4.69) is 0 Å². The van der Waals surface area contributed by atoms with Crippen molar-refractivity contribution in [3.05, 3.63) is 29.6 Å². The summed E-state index contributed by atoms with van der Waals surface area (Å²) in [6.07, 6.45) is 0.236. The van der Waals surface area contributed by atoms with Crippen LogP contribution >= 0.6 is 0 Å². The van der Waals surface area contributed by atoms with Gasteiger partial charge in [0.05, 0.1) is 5.56 Å². The van der Waals surface area contributed by atoms with Crippen LogP contribution in [0, 0.1) is 5.82 Å². The summed E-state index contributed by atoms with van der Waals surface area (Å²) in [5.74, 6) is -0.976. The molecular weight excluding hydrogens is 159 g/mol. The van der Waals surface area contributed by atoms with Gasteiger partial charge in [-0.25, -0.2) is 4.39 Å². The fourth-order valence-corrected chi connectivity index (χ4v) is 0.917. The van der Waals surface area contributed by atoms with Gasteiger partial charge in [-0.3, -0.25) is 4.79 Å². The van der Waals surface area contributed by atoms with E-state index < -0.39 is 5.82 Å². The number of hydrogen-bond acceptors (Lipinski definition) is 2. The second-order valence-corrected chi connectivity index (χ2v) is 2.44. The maximum Gasteiger partial charge on any atom is 0.165 e. The molecule has 0 bridgehead atoms. The SMILES string of the molecule is CCC(=O)c1cc(O)ccc1F. The lowest BCUT2D eigenvalue weighted by molar-refractivity contribution is 0.0984. The molecule has 0 aliphatic rings. The molecule has 2 nitrogen and oxygen atoms in total. The highest BCUT2D eigenvalue weighted by Gasteiger charge is 2.09. The third-order valence-corrected chi connectivity index (χ3v) is 1.57. The zero-order valence-electron chi connectivity index (χ0n) is 6.67. The molecule has 0 aliphatic carbocycles. The van der Waals surface area contributed by atoms with Crippen molar-refractivity contribution in [1.29, 1.82) is 0 Å². The molecule has 0 fully saturated rings. The number of carbonyl (C=O) groups is 1. The van der Waals surface area contributed by atoms with E-state index in [-0.39, 0.29) is 23.5 Å². The molecule has 1 rings (SSSR count). The second kappa shape index (κ2) is 3.34. The molecule has 0 aliphatic heterocycles. The summed E-state index contributed by atoms with van der Waals surface area (Å²) in [6.45, 7) is 1.64. The summed E-state index contributed by atoms with van der Waals surface area (Å²) < 4.78 is 12.9. The van der Waals surface area contributed by atoms with Crippen molar-refractivity contribution in [2.45, 2.75) is 13.3 Å². The minimum atomic E-state index is -0.584. The van der Waals surface area contributed by atoms with E-state index in [1.54, 1.807) is 6.92 Å². The number of ketones is 1. The lowest BCUT2D eigenvalue weighted by Crippen LogP contribution is -1.99. The van der Waals surface area contributed by atoms with E-state index in [0.717, 1.165) is 12.1 Å². The smallest absolute Gasteiger partial charge is 0.165 e. The van der Waals surface area contributed by atoms with Crippen LogP contribution in [-0.2, 0) is 0 Å². The van der Waals surface area contributed by atoms with Gasteiger partial charge in [-0.1, -0.05) is 6.92 Å². The summed E-state index contributed by atoms with van der Waals surface area (Å²) >= 11 is 0. The number of halogens is 1. The number of phenols is 1. The van der Waals surface area contributed by atoms with Crippen LogP contribution in [0.2, 0.25) is 0 Å². The summed E-state index contributed by atoms with van der Waals surface area (Å²) in [4.78, 5) is 11.0. The molecule has 0 aromatic heterocycles. The van der Waals surface area contributed by atoms with Crippen LogP contribution in [0.5, 0.6) is 5.75 Å². The number of Topliss-reactive ketones (excluding diaryl/α,β-unsaturated/α-hetero) is 1. The van der Waals surface area contributed by atoms with Gasteiger partial charge < -0.3 is 5.11 Å². The molecule has 0 unspecified atom stereocenters. The molecule has 0 amide bonds. The van der Waals surface area contributed by atoms with Gasteiger partial charge in [-0.15, -0.1) is 0 Å². The van der Waals surface area contributed by atoms with Crippen molar-refractivity contribution in [2.75, 3.05) is 0 Å². The van der Waals surface area contributed by atoms with Crippen LogP contribution < -0.4 is 0 Å². The normalized spacial score (nSPS) is 9.83. The molecule has 0 saturated carbocycles. The largest absolute Gasteiger partial charge is 0.508 e. The Balaban J connectivity index is 3.13. The molecule has 0 saturated heterocycles. The Kier molecular flexibility index (Phi) is 2.43. The van der Waals surface area contributed by atoms with E-state index in [4.69, 9.17) is 5.11 Å². The average Bonchev–Trinajstić information content (AvgIpc) is 2.08. The topological polar surface area (TPSA) is 37.3 Å². The molecule has 0 radical (unpaired) electrons. The standard InChI is InChI=1S/C9H9FO2/c1-2-9(12)7-5-6(11)3-4-8(7)10/h3-5,11H,2H2,1H3. The van der Waals surface area contributed by atoms with Crippen molar-refractivity contribution in [3.63, 3.8) is 0 Å². The minimum Gasteiger partial charge on any atom is -0.508 e. The quantitative estimate of drug-likeness (QED) is 0.687. The van der Waals surface area contributed by atoms with Gasteiger partial charge >= 0.3 is 0 Å². The highest BCUT2D eigenvalue weighted by Crippen LogP contribution is 2.16. The van der Waals surface area contributed by atoms with Crippen LogP contribution in [-0.4, -0.2) is 10.9 Å². The van der Waals surface area contributed by atoms with Gasteiger partial charge in [0.15, 0.2) is 5.78 Å². The first kappa shape index (κ1) is 8.71. The fraction of sp³-hybridized carbons (Fsp3) is 0.222. The van der Waals surface area contributed by atoms with Crippen LogP contribution in [0.25, 0.3) is 0 Å². The Morgan fingerprint density at radius 3 is 2.83 bits per heavy atom. The number of rotatable bonds is 2. The Bertz CT molecular complexity index is 307. The van der Waals surface area contributed by atoms with Crippen molar-refractivity contribution in [2.24, 2.45) is 0 Å². The predicted molar refractivity (Wildman–Crippen MR) is 42.7 cm³/mol. The van der Waals surface area contributed by atoms with Crippen LogP contribution in [0.4, 0.5) is 4.39 Å². The van der Waals surface area contributed by atoms with E-state index in [1.165, 1.54) is 6.07 Å². The molecule has 1 aromatic carbocycles. The van der Waals surface area contributed by atoms with E-state index >= 15 is 0 Å². The Hall–Kier alpha value is -1.38. The zero-order chi connectivity index (χ0) is 9.14. The number of benzene rings is 1. The van der Waals surface area contributed by atoms with E-state index in [1.807, 2.05) is 0 Å². The van der Waals surface area contributed by atoms with Gasteiger partial charge in [0.1, 0.15) is 11.6 Å². The third-order valence-electron chi connectivity index (χ3n) is 1.57. The molecule has 1 N–H and O–H groups in total. The van der Waals surface area contributed by atoms with E-state index in [0.29, 0.717) is 0 Å². The third kappa shape index (κ3) is 1.61. The van der Waals surface area contributed by atoms with Gasteiger partial charge in [-0.05, 0) is 18.2 Å². The average molecular weight is 168 g/mol. The first-order chi connectivity index (χ1) is 5.65. The lowest BCUT2D eigenvalue weighted by Gasteiger charge is -1.99. The molecule has 64 valence electrons. The first-order valence-corrected chi connectivity index (χ1v) is 3.67. The van der Waals surface area contributed by atoms with Crippen molar-refractivity contribution in [3.8, 4) is 5.75 Å². The van der Waals surface area contributed by atoms with Crippen LogP contribution in [0.3, 0.4) is 0 Å². The highest BCUT2D eigenvalue weighted by molar-refractivity contribution is 5.96. The molecule has 0 heterocycles. The maximum absolute atomic E-state index is 12.9. The lowest BCUT2D eigenvalue weighted by atomic mass is 10.1. The Morgan fingerprint density at radius 1 is 1.58 bits per heavy atom. The molecular formula is C9H9FO2. The molecule has 0 spiro atoms. The van der Waals surface area contributed by atoms with Gasteiger partial charge in [-0.2, -0.15) is 0 Å². The number of hydrogen-bond donors (Lipinski definition) is 1. The van der Waals surface area contributed by atoms with Crippen LogP contribution in [0.15, 0.2) is 18.2 Å². The Morgan fingerprint density at radius 2 is 2.25 bits per heavy atom. The van der Waals surface area contributed by atoms with Crippen molar-refractivity contribution < 1.29 is 14.3 Å². The first-order valence-electron chi connectivity index (χ1n) is 3.67. The Labute approximate surface area is 69.6 Å². The highest BCUT2D eigenvalue weighted by atomic mass is 19.1. The minimum absolute atomic E-state index is 0.0440. The predicted octanol–water partition coefficient (Wildman–Crippen LogP) is 2.12. The zero-order valence-corrected chi connectivity index (χ0v) is 6.67. The fourth-order valence-electron chi connectivity index (χ4n) is 0.917. The number of aromatic hydroxyl groups is 1. The van der Waals surface area contributed by atoms with Crippen molar-refractivity contribution >= 4 is 5.78 Å². The van der Waals surface area contributed by atoms with Gasteiger partial charge in [0.2, 0.25) is 0 Å². The number of phenolic OH excluding ortho intramolecular Hbond substituents is 1. The van der Waals surface area contributed by atoms with Gasteiger partial charge in [0, 0.05) is 6.42 Å². The second-order valence-electron chi connectivity index (χ2n) is 2.44. The molecule has 3 heteroatoms. The van der Waals surface area contributed by atoms with Gasteiger partial charge in [0.25, 0.3) is 0 Å². The molecule has 1 aromatic rings. The number of carbonyl (C=O) groups excluding carboxylic acids is 1. The summed E-state index contributed by atoms with van der Waals surface area (Å²) in [6, 6.07) is 3.43. The maximum atomic E-state index is 12.9. The summed E-state index contributed by atoms with van der Waals surface area (Å²) in [5.41, 5.74) is -0.0440. The van der Waals surface area contributed by atoms with Crippen molar-refractivity contribution in [1.82, 2.24) is 0 Å². The monoisotopic (exact) mass is 168 g/mol. The molecule has 0 atom stereocenters. The summed E-state index contributed by atoms with van der Waals surface area (Å²) in [7, 11) is 0.